The van der Waals surface area contributed by atoms with Gasteiger partial charge in [0.25, 0.3) is 0 Å². The van der Waals surface area contributed by atoms with E-state index in [0.717, 1.165) is 11.3 Å². The summed E-state index contributed by atoms with van der Waals surface area (Å²) in [6.07, 6.45) is 0. The number of methoxy groups -OCH3 is 1. The minimum absolute atomic E-state index is 0.273. The van der Waals surface area contributed by atoms with Crippen LogP contribution in [0.2, 0.25) is 0 Å². The lowest BCUT2D eigenvalue weighted by Crippen LogP contribution is -2.27. The molecule has 1 heterocycles. The highest BCUT2D eigenvalue weighted by atomic mass is 16.5. The molecule has 1 aliphatic heterocycles. The lowest BCUT2D eigenvalue weighted by Gasteiger charge is -2.29. The molecule has 0 saturated heterocycles. The van der Waals surface area contributed by atoms with Crippen LogP contribution < -0.4 is 4.74 Å². The van der Waals surface area contributed by atoms with Crippen molar-refractivity contribution in [3.8, 4) is 5.75 Å². The molecule has 20 heavy (non-hydrogen) atoms. The summed E-state index contributed by atoms with van der Waals surface area (Å²) in [6, 6.07) is 16.6. The van der Waals surface area contributed by atoms with Gasteiger partial charge in [0.2, 0.25) is 0 Å². The van der Waals surface area contributed by atoms with Crippen molar-refractivity contribution in [1.29, 1.82) is 0 Å². The first-order valence-electron chi connectivity index (χ1n) is 6.92. The van der Waals surface area contributed by atoms with E-state index < -0.39 is 5.60 Å². The number of hydrogen-bond acceptors (Lipinski definition) is 2. The second kappa shape index (κ2) is 4.35. The number of benzene rings is 2. The Labute approximate surface area is 120 Å². The quantitative estimate of drug-likeness (QED) is 0.811. The van der Waals surface area contributed by atoms with Gasteiger partial charge in [-0.2, -0.15) is 0 Å². The Morgan fingerprint density at radius 3 is 2.05 bits per heavy atom. The van der Waals surface area contributed by atoms with Crippen molar-refractivity contribution in [3.05, 3.63) is 65.2 Å². The summed E-state index contributed by atoms with van der Waals surface area (Å²) in [5.41, 5.74) is 2.97. The molecule has 2 aromatic rings. The van der Waals surface area contributed by atoms with Crippen LogP contribution in [0, 0.1) is 0 Å². The summed E-state index contributed by atoms with van der Waals surface area (Å²) in [7, 11) is 1.68. The van der Waals surface area contributed by atoms with Crippen LogP contribution >= 0.6 is 0 Å². The average molecular weight is 268 g/mol. The molecule has 0 fully saturated rings. The van der Waals surface area contributed by atoms with Crippen LogP contribution in [-0.2, 0) is 15.9 Å². The third-order valence-corrected chi connectivity index (χ3v) is 4.19. The van der Waals surface area contributed by atoms with Crippen LogP contribution in [0.25, 0.3) is 0 Å². The first-order valence-corrected chi connectivity index (χ1v) is 6.92. The molecule has 0 aliphatic carbocycles. The van der Waals surface area contributed by atoms with Crippen LogP contribution in [0.3, 0.4) is 0 Å². The van der Waals surface area contributed by atoms with Crippen molar-refractivity contribution in [1.82, 2.24) is 0 Å². The predicted octanol–water partition coefficient (Wildman–Crippen LogP) is 4.22. The molecule has 2 nitrogen and oxygen atoms in total. The molecule has 2 heteroatoms. The van der Waals surface area contributed by atoms with Gasteiger partial charge in [0, 0.05) is 0 Å². The standard InChI is InChI=1S/C18H20O2/c1-17(2)15-7-5-6-8-16(15)18(3,20-17)13-9-11-14(19-4)12-10-13/h5-12H,1-4H3. The third kappa shape index (κ3) is 1.83. The third-order valence-electron chi connectivity index (χ3n) is 4.19. The Bertz CT molecular complexity index is 628. The fraction of sp³-hybridized carbons (Fsp3) is 0.333. The van der Waals surface area contributed by atoms with E-state index in [0.29, 0.717) is 0 Å². The van der Waals surface area contributed by atoms with Crippen molar-refractivity contribution >= 4 is 0 Å². The molecule has 0 amide bonds. The smallest absolute Gasteiger partial charge is 0.118 e. The van der Waals surface area contributed by atoms with Gasteiger partial charge in [0.15, 0.2) is 0 Å². The fourth-order valence-electron chi connectivity index (χ4n) is 3.17. The maximum atomic E-state index is 6.43. The van der Waals surface area contributed by atoms with E-state index in [1.54, 1.807) is 7.11 Å². The van der Waals surface area contributed by atoms with E-state index in [4.69, 9.17) is 9.47 Å². The van der Waals surface area contributed by atoms with Crippen LogP contribution in [0.15, 0.2) is 48.5 Å². The maximum Gasteiger partial charge on any atom is 0.118 e. The van der Waals surface area contributed by atoms with Gasteiger partial charge in [0.1, 0.15) is 11.4 Å². The number of hydrogen-bond donors (Lipinski definition) is 0. The minimum Gasteiger partial charge on any atom is -0.497 e. The molecule has 2 aromatic carbocycles. The molecule has 0 bridgehead atoms. The first kappa shape index (κ1) is 13.2. The number of fused-ring (bicyclic) bond motifs is 1. The van der Waals surface area contributed by atoms with Gasteiger partial charge < -0.3 is 9.47 Å². The SMILES string of the molecule is COc1ccc(C2(C)OC(C)(C)c3ccccc32)cc1. The number of rotatable bonds is 2. The zero-order valence-electron chi connectivity index (χ0n) is 12.4. The van der Waals surface area contributed by atoms with Crippen LogP contribution in [0.5, 0.6) is 5.75 Å². The van der Waals surface area contributed by atoms with Gasteiger partial charge in [0.05, 0.1) is 12.7 Å². The molecular weight excluding hydrogens is 248 g/mol. The van der Waals surface area contributed by atoms with Crippen molar-refractivity contribution in [2.24, 2.45) is 0 Å². The van der Waals surface area contributed by atoms with E-state index >= 15 is 0 Å². The van der Waals surface area contributed by atoms with Crippen molar-refractivity contribution in [3.63, 3.8) is 0 Å². The first-order chi connectivity index (χ1) is 9.47. The molecule has 0 aromatic heterocycles. The predicted molar refractivity (Wildman–Crippen MR) is 80.0 cm³/mol. The highest BCUT2D eigenvalue weighted by molar-refractivity contribution is 5.47. The molecule has 3 rings (SSSR count). The van der Waals surface area contributed by atoms with Crippen LogP contribution in [0.1, 0.15) is 37.5 Å². The Morgan fingerprint density at radius 2 is 1.45 bits per heavy atom. The molecule has 1 aliphatic rings. The van der Waals surface area contributed by atoms with E-state index in [-0.39, 0.29) is 5.60 Å². The molecule has 0 N–H and O–H groups in total. The Morgan fingerprint density at radius 1 is 0.850 bits per heavy atom. The highest BCUT2D eigenvalue weighted by Gasteiger charge is 2.46. The fourth-order valence-corrected chi connectivity index (χ4v) is 3.17. The molecule has 104 valence electrons. The zero-order valence-corrected chi connectivity index (χ0v) is 12.4. The summed E-state index contributed by atoms with van der Waals surface area (Å²) < 4.78 is 11.7. The lowest BCUT2D eigenvalue weighted by molar-refractivity contribution is -0.0922. The van der Waals surface area contributed by atoms with Gasteiger partial charge in [-0.05, 0) is 49.6 Å². The van der Waals surface area contributed by atoms with E-state index in [1.165, 1.54) is 11.1 Å². The van der Waals surface area contributed by atoms with Gasteiger partial charge in [-0.1, -0.05) is 36.4 Å². The van der Waals surface area contributed by atoms with Crippen molar-refractivity contribution in [2.45, 2.75) is 32.0 Å². The van der Waals surface area contributed by atoms with Gasteiger partial charge in [-0.25, -0.2) is 0 Å². The molecule has 1 unspecified atom stereocenters. The second-order valence-electron chi connectivity index (χ2n) is 5.92. The van der Waals surface area contributed by atoms with E-state index in [2.05, 4.69) is 57.2 Å². The van der Waals surface area contributed by atoms with Gasteiger partial charge in [-0.15, -0.1) is 0 Å². The van der Waals surface area contributed by atoms with Crippen LogP contribution in [-0.4, -0.2) is 7.11 Å². The molecular formula is C18H20O2. The monoisotopic (exact) mass is 268 g/mol. The Kier molecular flexibility index (Phi) is 2.87. The van der Waals surface area contributed by atoms with E-state index in [9.17, 15) is 0 Å². The largest absolute Gasteiger partial charge is 0.497 e. The Balaban J connectivity index is 2.13. The zero-order chi connectivity index (χ0) is 14.4. The second-order valence-corrected chi connectivity index (χ2v) is 5.92. The summed E-state index contributed by atoms with van der Waals surface area (Å²) in [5, 5.41) is 0. The molecule has 0 saturated carbocycles. The highest BCUT2D eigenvalue weighted by Crippen LogP contribution is 2.50. The minimum atomic E-state index is -0.410. The summed E-state index contributed by atoms with van der Waals surface area (Å²) >= 11 is 0. The van der Waals surface area contributed by atoms with Crippen molar-refractivity contribution in [2.75, 3.05) is 7.11 Å². The van der Waals surface area contributed by atoms with Gasteiger partial charge in [-0.3, -0.25) is 0 Å². The maximum absolute atomic E-state index is 6.43. The van der Waals surface area contributed by atoms with E-state index in [1.807, 2.05) is 12.1 Å². The molecule has 0 radical (unpaired) electrons. The lowest BCUT2D eigenvalue weighted by atomic mass is 9.85. The molecule has 0 spiro atoms. The normalized spacial score (nSPS) is 23.4. The molecule has 1 atom stereocenters. The summed E-state index contributed by atoms with van der Waals surface area (Å²) in [5.74, 6) is 0.864. The topological polar surface area (TPSA) is 18.5 Å². The summed E-state index contributed by atoms with van der Waals surface area (Å²) in [4.78, 5) is 0. The Hall–Kier alpha value is -1.80. The van der Waals surface area contributed by atoms with Crippen molar-refractivity contribution < 1.29 is 9.47 Å². The van der Waals surface area contributed by atoms with Crippen LogP contribution in [0.4, 0.5) is 0 Å². The average Bonchev–Trinajstić information content (AvgIpc) is 2.68. The summed E-state index contributed by atoms with van der Waals surface area (Å²) in [6.45, 7) is 6.39. The number of ether oxygens (including phenoxy) is 2. The van der Waals surface area contributed by atoms with Gasteiger partial charge >= 0.3 is 0 Å².